The van der Waals surface area contributed by atoms with Crippen LogP contribution in [0.25, 0.3) is 0 Å². The number of ether oxygens (including phenoxy) is 3. The number of hydrogen-bond donors (Lipinski definition) is 1. The predicted molar refractivity (Wildman–Crippen MR) is 116 cm³/mol. The highest BCUT2D eigenvalue weighted by Crippen LogP contribution is 2.29. The summed E-state index contributed by atoms with van der Waals surface area (Å²) in [6, 6.07) is 7.82. The maximum absolute atomic E-state index is 13.1. The van der Waals surface area contributed by atoms with Crippen molar-refractivity contribution in [2.45, 2.75) is 32.1 Å². The average Bonchev–Trinajstić information content (AvgIpc) is 3.27. The summed E-state index contributed by atoms with van der Waals surface area (Å²) in [5.74, 6) is 0.673. The first-order valence-electron chi connectivity index (χ1n) is 11.0. The number of methoxy groups -OCH3 is 2. The van der Waals surface area contributed by atoms with Gasteiger partial charge >= 0.3 is 0 Å². The van der Waals surface area contributed by atoms with Gasteiger partial charge in [0, 0.05) is 32.7 Å². The topological polar surface area (TPSA) is 94.9 Å². The van der Waals surface area contributed by atoms with E-state index in [1.54, 1.807) is 25.4 Å². The van der Waals surface area contributed by atoms with Crippen LogP contribution >= 0.6 is 0 Å². The lowest BCUT2D eigenvalue weighted by atomic mass is 9.95. The van der Waals surface area contributed by atoms with Gasteiger partial charge in [0.05, 0.1) is 38.9 Å². The van der Waals surface area contributed by atoms with Gasteiger partial charge in [0.25, 0.3) is 5.91 Å². The first-order valence-corrected chi connectivity index (χ1v) is 11.0. The van der Waals surface area contributed by atoms with Crippen molar-refractivity contribution in [2.75, 3.05) is 40.5 Å². The quantitative estimate of drug-likeness (QED) is 0.657. The molecule has 1 saturated heterocycles. The zero-order chi connectivity index (χ0) is 22.5. The van der Waals surface area contributed by atoms with Crippen LogP contribution < -0.4 is 10.1 Å². The number of rotatable bonds is 7. The van der Waals surface area contributed by atoms with Crippen LogP contribution in [0.3, 0.4) is 0 Å². The highest BCUT2D eigenvalue weighted by Gasteiger charge is 2.32. The maximum atomic E-state index is 13.1. The van der Waals surface area contributed by atoms with Gasteiger partial charge in [0.2, 0.25) is 5.91 Å². The first-order chi connectivity index (χ1) is 15.6. The Balaban J connectivity index is 1.34. The molecule has 1 atom stereocenters. The Bertz CT molecular complexity index is 934. The second-order valence-electron chi connectivity index (χ2n) is 8.12. The minimum Gasteiger partial charge on any atom is -0.497 e. The van der Waals surface area contributed by atoms with Gasteiger partial charge < -0.3 is 29.0 Å². The summed E-state index contributed by atoms with van der Waals surface area (Å²) < 4.78 is 18.2. The summed E-state index contributed by atoms with van der Waals surface area (Å²) in [5.41, 5.74) is 2.31. The third-order valence-electron chi connectivity index (χ3n) is 6.18. The summed E-state index contributed by atoms with van der Waals surface area (Å²) in [6.45, 7) is 3.02. The number of likely N-dealkylation sites (tertiary alicyclic amines) is 1. The molecule has 2 aliphatic heterocycles. The molecule has 0 aliphatic carbocycles. The number of fused-ring (bicyclic) bond motifs is 1. The van der Waals surface area contributed by atoms with Gasteiger partial charge in [0.1, 0.15) is 11.9 Å². The fourth-order valence-electron chi connectivity index (χ4n) is 4.24. The highest BCUT2D eigenvalue weighted by molar-refractivity contribution is 5.93. The van der Waals surface area contributed by atoms with Crippen LogP contribution in [0.4, 0.5) is 0 Å². The van der Waals surface area contributed by atoms with Crippen molar-refractivity contribution >= 4 is 11.8 Å². The van der Waals surface area contributed by atoms with Crippen LogP contribution in [-0.2, 0) is 27.4 Å². The van der Waals surface area contributed by atoms with Gasteiger partial charge in [-0.25, -0.2) is 4.98 Å². The molecule has 2 aromatic rings. The summed E-state index contributed by atoms with van der Waals surface area (Å²) in [4.78, 5) is 31.6. The number of piperidine rings is 1. The second-order valence-corrected chi connectivity index (χ2v) is 8.12. The Hall–Kier alpha value is -2.91. The molecule has 1 aromatic carbocycles. The lowest BCUT2D eigenvalue weighted by molar-refractivity contribution is -0.126. The first kappa shape index (κ1) is 22.3. The summed E-state index contributed by atoms with van der Waals surface area (Å²) in [6.07, 6.45) is 2.92. The molecular formula is C23H30N4O5. The number of benzene rings is 1. The average molecular weight is 443 g/mol. The largest absolute Gasteiger partial charge is 0.497 e. The number of aromatic nitrogens is 2. The summed E-state index contributed by atoms with van der Waals surface area (Å²) in [7, 11) is 3.25. The number of amides is 2. The van der Waals surface area contributed by atoms with E-state index < -0.39 is 0 Å². The molecule has 32 heavy (non-hydrogen) atoms. The zero-order valence-corrected chi connectivity index (χ0v) is 18.6. The maximum Gasteiger partial charge on any atom is 0.274 e. The van der Waals surface area contributed by atoms with Gasteiger partial charge in [-0.15, -0.1) is 0 Å². The minimum absolute atomic E-state index is 0.0338. The van der Waals surface area contributed by atoms with Gasteiger partial charge in [0.15, 0.2) is 5.69 Å². The molecule has 2 aliphatic rings. The molecule has 9 nitrogen and oxygen atoms in total. The van der Waals surface area contributed by atoms with E-state index in [4.69, 9.17) is 14.2 Å². The van der Waals surface area contributed by atoms with Gasteiger partial charge in [-0.1, -0.05) is 12.1 Å². The van der Waals surface area contributed by atoms with E-state index >= 15 is 0 Å². The van der Waals surface area contributed by atoms with Crippen LogP contribution in [-0.4, -0.2) is 66.7 Å². The third kappa shape index (κ3) is 4.78. The van der Waals surface area contributed by atoms with Crippen molar-refractivity contribution < 1.29 is 23.8 Å². The molecule has 0 saturated carbocycles. The molecule has 1 aromatic heterocycles. The Morgan fingerprint density at radius 3 is 2.62 bits per heavy atom. The number of nitrogens with zero attached hydrogens (tertiary/aromatic N) is 3. The van der Waals surface area contributed by atoms with E-state index in [0.29, 0.717) is 57.9 Å². The van der Waals surface area contributed by atoms with Crippen LogP contribution in [0.5, 0.6) is 5.75 Å². The lowest BCUT2D eigenvalue weighted by Crippen LogP contribution is -2.44. The molecule has 0 spiro atoms. The molecule has 3 heterocycles. The summed E-state index contributed by atoms with van der Waals surface area (Å²) in [5, 5.41) is 2.88. The molecule has 0 radical (unpaired) electrons. The smallest absolute Gasteiger partial charge is 0.274 e. The number of carbonyl (C=O) groups is 2. The molecule has 1 unspecified atom stereocenters. The van der Waals surface area contributed by atoms with Crippen LogP contribution in [0, 0.1) is 5.92 Å². The number of hydrogen-bond acceptors (Lipinski definition) is 6. The van der Waals surface area contributed by atoms with Crippen LogP contribution in [0.1, 0.15) is 40.7 Å². The van der Waals surface area contributed by atoms with Crippen molar-refractivity contribution in [3.05, 3.63) is 47.5 Å². The van der Waals surface area contributed by atoms with Crippen molar-refractivity contribution in [3.63, 3.8) is 0 Å². The van der Waals surface area contributed by atoms with E-state index in [1.807, 2.05) is 28.8 Å². The molecule has 0 bridgehead atoms. The second kappa shape index (κ2) is 10.1. The monoisotopic (exact) mass is 442 g/mol. The van der Waals surface area contributed by atoms with Crippen molar-refractivity contribution in [2.24, 2.45) is 5.92 Å². The fourth-order valence-corrected chi connectivity index (χ4v) is 4.24. The van der Waals surface area contributed by atoms with Crippen LogP contribution in [0.15, 0.2) is 30.6 Å². The fraction of sp³-hybridized carbons (Fsp3) is 0.522. The van der Waals surface area contributed by atoms with Gasteiger partial charge in [-0.2, -0.15) is 0 Å². The Morgan fingerprint density at radius 2 is 1.94 bits per heavy atom. The number of carbonyl (C=O) groups excluding carboxylic acids is 2. The molecule has 9 heteroatoms. The Labute approximate surface area is 187 Å². The van der Waals surface area contributed by atoms with E-state index in [-0.39, 0.29) is 23.8 Å². The molecule has 2 amide bonds. The summed E-state index contributed by atoms with van der Waals surface area (Å²) >= 11 is 0. The van der Waals surface area contributed by atoms with E-state index in [9.17, 15) is 9.59 Å². The standard InChI is InChI=1S/C23H30N4O5/c1-30-12-9-24-22(28)17-7-10-26(11-8-17)23(29)21-19-14-32-20(13-27(19)15-25-21)16-3-5-18(31-2)6-4-16/h3-6,15,17,20H,7-14H2,1-2H3,(H,24,28). The minimum atomic E-state index is -0.0991. The number of nitrogens with one attached hydrogen (secondary N) is 1. The SMILES string of the molecule is COCCNC(=O)C1CCN(C(=O)c2ncn3c2COC(c2ccc(OC)cc2)C3)CC1. The molecule has 1 N–H and O–H groups in total. The van der Waals surface area contributed by atoms with E-state index in [0.717, 1.165) is 17.0 Å². The molecule has 172 valence electrons. The molecule has 1 fully saturated rings. The van der Waals surface area contributed by atoms with Crippen molar-refractivity contribution in [1.29, 1.82) is 0 Å². The number of imidazole rings is 1. The zero-order valence-electron chi connectivity index (χ0n) is 18.6. The Morgan fingerprint density at radius 1 is 1.19 bits per heavy atom. The van der Waals surface area contributed by atoms with Gasteiger partial charge in [-0.3, -0.25) is 9.59 Å². The predicted octanol–water partition coefficient (Wildman–Crippen LogP) is 1.78. The van der Waals surface area contributed by atoms with Crippen molar-refractivity contribution in [3.8, 4) is 5.75 Å². The third-order valence-corrected chi connectivity index (χ3v) is 6.18. The Kier molecular flexibility index (Phi) is 7.06. The van der Waals surface area contributed by atoms with Crippen molar-refractivity contribution in [1.82, 2.24) is 19.8 Å². The van der Waals surface area contributed by atoms with Gasteiger partial charge in [-0.05, 0) is 30.5 Å². The highest BCUT2D eigenvalue weighted by atomic mass is 16.5. The normalized spacial score (nSPS) is 18.8. The van der Waals surface area contributed by atoms with Crippen LogP contribution in [0.2, 0.25) is 0 Å². The molecule has 4 rings (SSSR count). The van der Waals surface area contributed by atoms with E-state index in [1.165, 1.54) is 0 Å². The lowest BCUT2D eigenvalue weighted by Gasteiger charge is -2.31. The molecular weight excluding hydrogens is 412 g/mol. The van der Waals surface area contributed by atoms with E-state index in [2.05, 4.69) is 10.3 Å².